The predicted molar refractivity (Wildman–Crippen MR) is 94.4 cm³/mol. The molecule has 4 atom stereocenters. The highest BCUT2D eigenvalue weighted by atomic mass is 35.5. The molecule has 0 amide bonds. The van der Waals surface area contributed by atoms with Crippen LogP contribution in [0.1, 0.15) is 36.8 Å². The third-order valence-electron chi connectivity index (χ3n) is 6.04. The minimum absolute atomic E-state index is 0.758. The van der Waals surface area contributed by atoms with E-state index in [0.29, 0.717) is 0 Å². The lowest BCUT2D eigenvalue weighted by atomic mass is 10.0. The molecule has 3 heteroatoms. The quantitative estimate of drug-likeness (QED) is 0.820. The zero-order chi connectivity index (χ0) is 15.9. The first-order valence-electron chi connectivity index (χ1n) is 8.55. The lowest BCUT2D eigenvalue weighted by molar-refractivity contribution is 0.212. The molecule has 3 rings (SSSR count). The Hall–Kier alpha value is -0.570. The summed E-state index contributed by atoms with van der Waals surface area (Å²) >= 11 is 6.07. The Morgan fingerprint density at radius 3 is 2.14 bits per heavy atom. The van der Waals surface area contributed by atoms with Crippen LogP contribution in [-0.2, 0) is 6.54 Å². The number of benzene rings is 1. The second-order valence-corrected chi connectivity index (χ2v) is 8.16. The average molecular weight is 321 g/mol. The van der Waals surface area contributed by atoms with Crippen molar-refractivity contribution in [3.8, 4) is 0 Å². The minimum atomic E-state index is 0.758. The Labute approximate surface area is 140 Å². The van der Waals surface area contributed by atoms with E-state index < -0.39 is 0 Å². The molecule has 2 aliphatic carbocycles. The Bertz CT molecular complexity index is 514. The van der Waals surface area contributed by atoms with Crippen LogP contribution >= 0.6 is 11.6 Å². The van der Waals surface area contributed by atoms with Crippen LogP contribution in [0.4, 0.5) is 0 Å². The third kappa shape index (κ3) is 3.34. The number of halogens is 1. The van der Waals surface area contributed by atoms with Gasteiger partial charge in [-0.25, -0.2) is 0 Å². The smallest absolute Gasteiger partial charge is 0.0408 e. The molecule has 2 unspecified atom stereocenters. The highest BCUT2D eigenvalue weighted by Crippen LogP contribution is 2.46. The first-order chi connectivity index (χ1) is 10.4. The number of aryl methyl sites for hydroxylation is 1. The summed E-state index contributed by atoms with van der Waals surface area (Å²) in [5.74, 6) is 1.90. The fraction of sp³-hybridized carbons (Fsp3) is 0.684. The van der Waals surface area contributed by atoms with Crippen molar-refractivity contribution < 1.29 is 0 Å². The molecule has 0 spiro atoms. The van der Waals surface area contributed by atoms with Gasteiger partial charge < -0.3 is 4.90 Å². The van der Waals surface area contributed by atoms with Crippen LogP contribution in [0, 0.1) is 18.8 Å². The van der Waals surface area contributed by atoms with Crippen LogP contribution in [0.2, 0.25) is 5.02 Å². The molecule has 2 saturated carbocycles. The van der Waals surface area contributed by atoms with Crippen molar-refractivity contribution >= 4 is 11.6 Å². The first kappa shape index (κ1) is 16.3. The Morgan fingerprint density at radius 1 is 1.00 bits per heavy atom. The fourth-order valence-corrected chi connectivity index (χ4v) is 4.80. The minimum Gasteiger partial charge on any atom is -0.306 e. The van der Waals surface area contributed by atoms with E-state index in [-0.39, 0.29) is 0 Å². The van der Waals surface area contributed by atoms with Crippen LogP contribution in [-0.4, -0.2) is 43.0 Å². The summed E-state index contributed by atoms with van der Waals surface area (Å²) in [7, 11) is 6.76. The second-order valence-electron chi connectivity index (χ2n) is 7.72. The monoisotopic (exact) mass is 320 g/mol. The van der Waals surface area contributed by atoms with Gasteiger partial charge in [0.25, 0.3) is 0 Å². The normalized spacial score (nSPS) is 31.2. The molecule has 22 heavy (non-hydrogen) atoms. The van der Waals surface area contributed by atoms with Gasteiger partial charge in [-0.3, -0.25) is 4.90 Å². The molecule has 2 fully saturated rings. The van der Waals surface area contributed by atoms with Crippen molar-refractivity contribution in [2.45, 2.75) is 51.2 Å². The zero-order valence-corrected chi connectivity index (χ0v) is 15.1. The largest absolute Gasteiger partial charge is 0.306 e. The van der Waals surface area contributed by atoms with Gasteiger partial charge in [0, 0.05) is 23.7 Å². The lowest BCUT2D eigenvalue weighted by Gasteiger charge is -2.27. The summed E-state index contributed by atoms with van der Waals surface area (Å²) in [6.07, 6.45) is 5.58. The molecule has 0 aromatic heterocycles. The van der Waals surface area contributed by atoms with E-state index in [4.69, 9.17) is 11.6 Å². The molecule has 0 aliphatic heterocycles. The summed E-state index contributed by atoms with van der Waals surface area (Å²) < 4.78 is 0. The molecule has 1 aromatic carbocycles. The highest BCUT2D eigenvalue weighted by molar-refractivity contribution is 6.30. The average Bonchev–Trinajstić information content (AvgIpc) is 3.00. The molecule has 1 aromatic rings. The number of rotatable bonds is 4. The SMILES string of the molecule is Cc1cc(Cl)ccc1CN(C)C1C[C@H]2CC(N(C)C)C[C@H]2C1. The summed E-state index contributed by atoms with van der Waals surface area (Å²) in [6, 6.07) is 7.86. The maximum absolute atomic E-state index is 6.07. The van der Waals surface area contributed by atoms with Crippen LogP contribution in [0.25, 0.3) is 0 Å². The van der Waals surface area contributed by atoms with Gasteiger partial charge in [0.1, 0.15) is 0 Å². The molecular formula is C19H29ClN2. The van der Waals surface area contributed by atoms with Crippen LogP contribution in [0.5, 0.6) is 0 Å². The Balaban J connectivity index is 1.58. The van der Waals surface area contributed by atoms with Gasteiger partial charge in [-0.15, -0.1) is 0 Å². The van der Waals surface area contributed by atoms with Gasteiger partial charge in [-0.1, -0.05) is 17.7 Å². The van der Waals surface area contributed by atoms with Crippen LogP contribution in [0.3, 0.4) is 0 Å². The van der Waals surface area contributed by atoms with Crippen molar-refractivity contribution in [2.24, 2.45) is 11.8 Å². The maximum atomic E-state index is 6.07. The van der Waals surface area contributed by atoms with E-state index in [2.05, 4.69) is 50.0 Å². The van der Waals surface area contributed by atoms with Crippen molar-refractivity contribution in [2.75, 3.05) is 21.1 Å². The highest BCUT2D eigenvalue weighted by Gasteiger charge is 2.43. The number of nitrogens with zero attached hydrogens (tertiary/aromatic N) is 2. The molecule has 2 aliphatic rings. The van der Waals surface area contributed by atoms with Crippen molar-refractivity contribution in [3.63, 3.8) is 0 Å². The van der Waals surface area contributed by atoms with Gasteiger partial charge in [0.15, 0.2) is 0 Å². The van der Waals surface area contributed by atoms with Gasteiger partial charge in [-0.2, -0.15) is 0 Å². The second kappa shape index (κ2) is 6.51. The van der Waals surface area contributed by atoms with E-state index in [1.54, 1.807) is 0 Å². The molecular weight excluding hydrogens is 292 g/mol. The standard InChI is InChI=1S/C19H29ClN2/c1-13-7-17(20)6-5-14(13)12-22(4)19-10-15-8-18(21(2)3)9-16(15)11-19/h5-7,15-16,18-19H,8-12H2,1-4H3/t15-,16+,18?,19?. The number of hydrogen-bond acceptors (Lipinski definition) is 2. The van der Waals surface area contributed by atoms with Crippen molar-refractivity contribution in [1.29, 1.82) is 0 Å². The van der Waals surface area contributed by atoms with E-state index in [1.165, 1.54) is 36.8 Å². The molecule has 2 nitrogen and oxygen atoms in total. The lowest BCUT2D eigenvalue weighted by Crippen LogP contribution is -2.31. The summed E-state index contributed by atoms with van der Waals surface area (Å²) in [6.45, 7) is 3.21. The fourth-order valence-electron chi connectivity index (χ4n) is 4.57. The van der Waals surface area contributed by atoms with Crippen LogP contribution < -0.4 is 0 Å². The Kier molecular flexibility index (Phi) is 4.82. The van der Waals surface area contributed by atoms with E-state index in [1.807, 2.05) is 6.07 Å². The van der Waals surface area contributed by atoms with E-state index >= 15 is 0 Å². The molecule has 0 bridgehead atoms. The molecule has 0 heterocycles. The van der Waals surface area contributed by atoms with Crippen LogP contribution in [0.15, 0.2) is 18.2 Å². The van der Waals surface area contributed by atoms with E-state index in [0.717, 1.165) is 35.5 Å². The molecule has 0 saturated heterocycles. The molecule has 0 N–H and O–H groups in total. The topological polar surface area (TPSA) is 6.48 Å². The third-order valence-corrected chi connectivity index (χ3v) is 6.28. The summed E-state index contributed by atoms with van der Waals surface area (Å²) in [4.78, 5) is 4.99. The van der Waals surface area contributed by atoms with Gasteiger partial charge in [-0.05, 0) is 88.8 Å². The Morgan fingerprint density at radius 2 is 1.59 bits per heavy atom. The zero-order valence-electron chi connectivity index (χ0n) is 14.3. The predicted octanol–water partition coefficient (Wildman–Crippen LogP) is 4.20. The summed E-state index contributed by atoms with van der Waals surface area (Å²) in [5.41, 5.74) is 2.72. The number of fused-ring (bicyclic) bond motifs is 1. The van der Waals surface area contributed by atoms with Gasteiger partial charge >= 0.3 is 0 Å². The molecule has 122 valence electrons. The van der Waals surface area contributed by atoms with Crippen molar-refractivity contribution in [3.05, 3.63) is 34.3 Å². The van der Waals surface area contributed by atoms with Gasteiger partial charge in [0.2, 0.25) is 0 Å². The number of hydrogen-bond donors (Lipinski definition) is 0. The van der Waals surface area contributed by atoms with Gasteiger partial charge in [0.05, 0.1) is 0 Å². The maximum Gasteiger partial charge on any atom is 0.0408 e. The van der Waals surface area contributed by atoms with E-state index in [9.17, 15) is 0 Å². The first-order valence-corrected chi connectivity index (χ1v) is 8.93. The summed E-state index contributed by atoms with van der Waals surface area (Å²) in [5, 5.41) is 0.842. The molecule has 0 radical (unpaired) electrons. The van der Waals surface area contributed by atoms with Crippen molar-refractivity contribution in [1.82, 2.24) is 9.80 Å².